The van der Waals surface area contributed by atoms with Gasteiger partial charge in [-0.25, -0.2) is 0 Å². The van der Waals surface area contributed by atoms with Crippen LogP contribution in [0.15, 0.2) is 29.8 Å². The van der Waals surface area contributed by atoms with E-state index in [1.807, 2.05) is 0 Å². The second kappa shape index (κ2) is 10.9. The molecule has 1 unspecified atom stereocenters. The predicted molar refractivity (Wildman–Crippen MR) is 105 cm³/mol. The molecular weight excluding hydrogens is 350 g/mol. The van der Waals surface area contributed by atoms with Gasteiger partial charge in [0, 0.05) is 11.4 Å². The van der Waals surface area contributed by atoms with Crippen LogP contribution in [0.2, 0.25) is 0 Å². The number of nitrogens with zero attached hydrogens (tertiary/aromatic N) is 1. The van der Waals surface area contributed by atoms with Gasteiger partial charge in [0.25, 0.3) is 0 Å². The van der Waals surface area contributed by atoms with Gasteiger partial charge in [-0.3, -0.25) is 0 Å². The minimum Gasteiger partial charge on any atom is -0.496 e. The van der Waals surface area contributed by atoms with Crippen LogP contribution in [0, 0.1) is 6.92 Å². The van der Waals surface area contributed by atoms with Crippen molar-refractivity contribution in [2.24, 2.45) is 0 Å². The van der Waals surface area contributed by atoms with E-state index in [9.17, 15) is 0 Å². The minimum atomic E-state index is 0.623. The van der Waals surface area contributed by atoms with E-state index in [-0.39, 0.29) is 0 Å². The Hall–Kier alpha value is -0.800. The van der Waals surface area contributed by atoms with Crippen molar-refractivity contribution in [1.82, 2.24) is 4.90 Å². The molecule has 1 aromatic carbocycles. The molecule has 23 heavy (non-hydrogen) atoms. The summed E-state index contributed by atoms with van der Waals surface area (Å²) in [5, 5.41) is 0. The lowest BCUT2D eigenvalue weighted by Gasteiger charge is -2.15. The molecule has 2 nitrogen and oxygen atoms in total. The number of allylic oxidation sites excluding steroid dienone is 1. The molecule has 0 spiro atoms. The molecule has 0 saturated heterocycles. The largest absolute Gasteiger partial charge is 0.496 e. The van der Waals surface area contributed by atoms with Crippen LogP contribution in [0.25, 0.3) is 0 Å². The molecule has 0 saturated carbocycles. The fourth-order valence-electron chi connectivity index (χ4n) is 2.68. The molecule has 0 heterocycles. The molecule has 1 rings (SSSR count). The maximum atomic E-state index is 5.54. The Labute approximate surface area is 151 Å². The average molecular weight is 382 g/mol. The summed E-state index contributed by atoms with van der Waals surface area (Å²) in [6, 6.07) is 6.39. The van der Waals surface area contributed by atoms with Crippen LogP contribution in [0.3, 0.4) is 0 Å². The summed E-state index contributed by atoms with van der Waals surface area (Å²) in [5.74, 6) is 1.04. The fraction of sp³-hybridized carbons (Fsp3) is 0.600. The highest BCUT2D eigenvalue weighted by Crippen LogP contribution is 2.25. The van der Waals surface area contributed by atoms with E-state index in [0.717, 1.165) is 31.7 Å². The summed E-state index contributed by atoms with van der Waals surface area (Å²) in [6.07, 6.45) is 6.97. The van der Waals surface area contributed by atoms with Gasteiger partial charge >= 0.3 is 0 Å². The van der Waals surface area contributed by atoms with Crippen molar-refractivity contribution in [3.05, 3.63) is 41.0 Å². The highest BCUT2D eigenvalue weighted by atomic mass is 79.9. The molecule has 3 heteroatoms. The molecule has 0 aliphatic rings. The third kappa shape index (κ3) is 8.03. The predicted octanol–water partition coefficient (Wildman–Crippen LogP) is 5.38. The second-order valence-electron chi connectivity index (χ2n) is 6.50. The third-order valence-electron chi connectivity index (χ3n) is 4.18. The molecule has 0 aromatic heterocycles. The monoisotopic (exact) mass is 381 g/mol. The molecule has 0 amide bonds. The van der Waals surface area contributed by atoms with E-state index in [1.165, 1.54) is 29.5 Å². The Balaban J connectivity index is 2.41. The van der Waals surface area contributed by atoms with Crippen molar-refractivity contribution in [3.63, 3.8) is 0 Å². The molecule has 1 atom stereocenters. The standard InChI is InChI=1S/C20H32BrNO/c1-16(13-15-22(4)14-7-9-18(3)21)11-12-19-10-6-8-17(2)20(19)23-5/h6,8,10,13,18H,7,9,11-12,14-15H2,1-5H3/b16-13+. The lowest BCUT2D eigenvalue weighted by atomic mass is 10.0. The second-order valence-corrected chi connectivity index (χ2v) is 8.07. The van der Waals surface area contributed by atoms with E-state index < -0.39 is 0 Å². The molecule has 1 aromatic rings. The third-order valence-corrected chi connectivity index (χ3v) is 4.64. The average Bonchev–Trinajstić information content (AvgIpc) is 2.50. The number of rotatable bonds is 10. The van der Waals surface area contributed by atoms with Crippen LogP contribution in [0.5, 0.6) is 5.75 Å². The van der Waals surface area contributed by atoms with Gasteiger partial charge in [-0.1, -0.05) is 52.7 Å². The number of halogens is 1. The molecule has 0 bridgehead atoms. The Morgan fingerprint density at radius 3 is 2.78 bits per heavy atom. The number of methoxy groups -OCH3 is 1. The topological polar surface area (TPSA) is 12.5 Å². The number of alkyl halides is 1. The van der Waals surface area contributed by atoms with Gasteiger partial charge < -0.3 is 9.64 Å². The van der Waals surface area contributed by atoms with Crippen LogP contribution in [-0.4, -0.2) is 37.0 Å². The number of ether oxygens (including phenoxy) is 1. The van der Waals surface area contributed by atoms with E-state index in [0.29, 0.717) is 4.83 Å². The zero-order valence-corrected chi connectivity index (χ0v) is 16.9. The number of hydrogen-bond acceptors (Lipinski definition) is 2. The molecule has 0 N–H and O–H groups in total. The van der Waals surface area contributed by atoms with Crippen LogP contribution < -0.4 is 4.74 Å². The lowest BCUT2D eigenvalue weighted by molar-refractivity contribution is 0.359. The van der Waals surface area contributed by atoms with Gasteiger partial charge in [0.15, 0.2) is 0 Å². The SMILES string of the molecule is COc1c(C)cccc1CC/C(C)=C/CN(C)CCCC(C)Br. The van der Waals surface area contributed by atoms with Crippen molar-refractivity contribution in [1.29, 1.82) is 0 Å². The van der Waals surface area contributed by atoms with Crippen LogP contribution in [-0.2, 0) is 6.42 Å². The highest BCUT2D eigenvalue weighted by molar-refractivity contribution is 9.09. The molecule has 0 radical (unpaired) electrons. The van der Waals surface area contributed by atoms with Gasteiger partial charge in [-0.05, 0) is 64.3 Å². The van der Waals surface area contributed by atoms with Crippen LogP contribution >= 0.6 is 15.9 Å². The first-order valence-corrected chi connectivity index (χ1v) is 9.46. The number of aryl methyl sites for hydroxylation is 2. The summed E-state index contributed by atoms with van der Waals surface area (Å²) in [4.78, 5) is 3.02. The Morgan fingerprint density at radius 1 is 1.39 bits per heavy atom. The maximum Gasteiger partial charge on any atom is 0.124 e. The van der Waals surface area contributed by atoms with E-state index in [1.54, 1.807) is 7.11 Å². The zero-order chi connectivity index (χ0) is 17.2. The quantitative estimate of drug-likeness (QED) is 0.398. The van der Waals surface area contributed by atoms with E-state index in [4.69, 9.17) is 4.74 Å². The first-order chi connectivity index (χ1) is 10.9. The fourth-order valence-corrected chi connectivity index (χ4v) is 3.01. The zero-order valence-electron chi connectivity index (χ0n) is 15.4. The number of para-hydroxylation sites is 1. The van der Waals surface area contributed by atoms with Crippen LogP contribution in [0.1, 0.15) is 44.2 Å². The maximum absolute atomic E-state index is 5.54. The highest BCUT2D eigenvalue weighted by Gasteiger charge is 2.06. The summed E-state index contributed by atoms with van der Waals surface area (Å²) in [6.45, 7) is 8.74. The van der Waals surface area contributed by atoms with E-state index in [2.05, 4.69) is 72.9 Å². The van der Waals surface area contributed by atoms with Crippen LogP contribution in [0.4, 0.5) is 0 Å². The molecule has 0 aliphatic carbocycles. The normalized spacial score (nSPS) is 13.4. The van der Waals surface area contributed by atoms with Gasteiger partial charge in [-0.2, -0.15) is 0 Å². The summed E-state index contributed by atoms with van der Waals surface area (Å²) in [7, 11) is 3.96. The van der Waals surface area contributed by atoms with Crippen molar-refractivity contribution >= 4 is 15.9 Å². The Bertz CT molecular complexity index is 496. The first-order valence-electron chi connectivity index (χ1n) is 8.54. The summed E-state index contributed by atoms with van der Waals surface area (Å²) >= 11 is 3.61. The molecule has 0 aliphatic heterocycles. The summed E-state index contributed by atoms with van der Waals surface area (Å²) < 4.78 is 5.54. The van der Waals surface area contributed by atoms with Gasteiger partial charge in [0.05, 0.1) is 7.11 Å². The first kappa shape index (κ1) is 20.2. The van der Waals surface area contributed by atoms with Crippen molar-refractivity contribution in [3.8, 4) is 5.75 Å². The van der Waals surface area contributed by atoms with E-state index >= 15 is 0 Å². The van der Waals surface area contributed by atoms with Crippen molar-refractivity contribution < 1.29 is 4.74 Å². The van der Waals surface area contributed by atoms with Crippen molar-refractivity contribution in [2.45, 2.75) is 51.3 Å². The number of hydrogen-bond donors (Lipinski definition) is 0. The van der Waals surface area contributed by atoms with Crippen molar-refractivity contribution in [2.75, 3.05) is 27.2 Å². The summed E-state index contributed by atoms with van der Waals surface area (Å²) in [5.41, 5.74) is 3.97. The molecule has 0 fully saturated rings. The molecular formula is C20H32BrNO. The minimum absolute atomic E-state index is 0.623. The number of benzene rings is 1. The molecule has 130 valence electrons. The van der Waals surface area contributed by atoms with Gasteiger partial charge in [-0.15, -0.1) is 0 Å². The number of likely N-dealkylation sites (N-methyl/N-ethyl adjacent to an activating group) is 1. The van der Waals surface area contributed by atoms with Gasteiger partial charge in [0.2, 0.25) is 0 Å². The Morgan fingerprint density at radius 2 is 2.13 bits per heavy atom. The smallest absolute Gasteiger partial charge is 0.124 e. The lowest BCUT2D eigenvalue weighted by Crippen LogP contribution is -2.20. The van der Waals surface area contributed by atoms with Gasteiger partial charge in [0.1, 0.15) is 5.75 Å². The Kier molecular flexibility index (Phi) is 9.57.